The molecule has 33 heavy (non-hydrogen) atoms. The normalized spacial score (nSPS) is 13.3. The van der Waals surface area contributed by atoms with Gasteiger partial charge in [0.05, 0.1) is 22.6 Å². The second-order valence-electron chi connectivity index (χ2n) is 7.23. The molecule has 2 amide bonds. The van der Waals surface area contributed by atoms with E-state index in [-0.39, 0.29) is 29.7 Å². The SMILES string of the molecule is O=C(COC(=O)CCNS(=O)(=O)c1ccc(F)c(F)c1)Nc1ccccc1C(=O)NC1CC1. The predicted molar refractivity (Wildman–Crippen MR) is 113 cm³/mol. The highest BCUT2D eigenvalue weighted by molar-refractivity contribution is 7.89. The summed E-state index contributed by atoms with van der Waals surface area (Å²) in [6, 6.07) is 8.59. The van der Waals surface area contributed by atoms with Crippen molar-refractivity contribution in [2.45, 2.75) is 30.2 Å². The van der Waals surface area contributed by atoms with Gasteiger partial charge < -0.3 is 15.4 Å². The summed E-state index contributed by atoms with van der Waals surface area (Å²) in [5, 5.41) is 5.31. The first-order valence-corrected chi connectivity index (χ1v) is 11.4. The van der Waals surface area contributed by atoms with Crippen LogP contribution in [0.15, 0.2) is 47.4 Å². The third-order valence-corrected chi connectivity index (χ3v) is 6.00. The molecule has 12 heteroatoms. The Kier molecular flexibility index (Phi) is 7.71. The van der Waals surface area contributed by atoms with Gasteiger partial charge in [0.2, 0.25) is 10.0 Å². The van der Waals surface area contributed by atoms with Gasteiger partial charge in [-0.25, -0.2) is 21.9 Å². The van der Waals surface area contributed by atoms with Crippen molar-refractivity contribution in [1.82, 2.24) is 10.0 Å². The maximum absolute atomic E-state index is 13.2. The van der Waals surface area contributed by atoms with E-state index in [2.05, 4.69) is 15.4 Å². The van der Waals surface area contributed by atoms with Gasteiger partial charge in [0, 0.05) is 12.6 Å². The van der Waals surface area contributed by atoms with E-state index in [1.165, 1.54) is 6.07 Å². The molecule has 0 aliphatic heterocycles. The standard InChI is InChI=1S/C21H21F2N3O6S/c22-16-8-7-14(11-17(16)23)33(30,31)24-10-9-20(28)32-12-19(27)26-18-4-2-1-3-15(18)21(29)25-13-5-6-13/h1-4,7-8,11,13,24H,5-6,9-10,12H2,(H,25,29)(H,26,27). The molecule has 0 aromatic heterocycles. The quantitative estimate of drug-likeness (QED) is 0.443. The Bertz CT molecular complexity index is 1170. The molecule has 0 unspecified atom stereocenters. The van der Waals surface area contributed by atoms with E-state index < -0.39 is 51.5 Å². The molecular weight excluding hydrogens is 460 g/mol. The fourth-order valence-electron chi connectivity index (χ4n) is 2.70. The zero-order valence-electron chi connectivity index (χ0n) is 17.3. The lowest BCUT2D eigenvalue weighted by Gasteiger charge is -2.11. The van der Waals surface area contributed by atoms with Gasteiger partial charge in [0.1, 0.15) is 0 Å². The maximum Gasteiger partial charge on any atom is 0.307 e. The van der Waals surface area contributed by atoms with Crippen molar-refractivity contribution in [2.24, 2.45) is 0 Å². The van der Waals surface area contributed by atoms with Crippen molar-refractivity contribution in [3.8, 4) is 0 Å². The minimum atomic E-state index is -4.17. The second-order valence-corrected chi connectivity index (χ2v) is 8.99. The Balaban J connectivity index is 1.44. The zero-order chi connectivity index (χ0) is 24.0. The van der Waals surface area contributed by atoms with Gasteiger partial charge in [-0.3, -0.25) is 14.4 Å². The first-order valence-electron chi connectivity index (χ1n) is 9.96. The Morgan fingerprint density at radius 3 is 2.45 bits per heavy atom. The number of benzene rings is 2. The number of halogens is 2. The minimum Gasteiger partial charge on any atom is -0.456 e. The number of sulfonamides is 1. The molecule has 9 nitrogen and oxygen atoms in total. The third kappa shape index (κ3) is 7.05. The minimum absolute atomic E-state index is 0.140. The lowest BCUT2D eigenvalue weighted by atomic mass is 10.1. The Labute approximate surface area is 188 Å². The molecule has 1 aliphatic rings. The average Bonchev–Trinajstić information content (AvgIpc) is 3.58. The Morgan fingerprint density at radius 2 is 1.76 bits per heavy atom. The summed E-state index contributed by atoms with van der Waals surface area (Å²) in [4.78, 5) is 35.7. The van der Waals surface area contributed by atoms with Crippen LogP contribution in [-0.2, 0) is 24.3 Å². The number of hydrogen-bond donors (Lipinski definition) is 3. The number of amides is 2. The monoisotopic (exact) mass is 481 g/mol. The van der Waals surface area contributed by atoms with Crippen LogP contribution in [0.4, 0.5) is 14.5 Å². The molecule has 0 atom stereocenters. The topological polar surface area (TPSA) is 131 Å². The summed E-state index contributed by atoms with van der Waals surface area (Å²) >= 11 is 0. The molecule has 0 spiro atoms. The summed E-state index contributed by atoms with van der Waals surface area (Å²) < 4.78 is 57.1. The van der Waals surface area contributed by atoms with E-state index in [1.807, 2.05) is 0 Å². The first-order chi connectivity index (χ1) is 15.7. The first kappa shape index (κ1) is 24.3. The van der Waals surface area contributed by atoms with Crippen LogP contribution in [-0.4, -0.2) is 45.4 Å². The molecular formula is C21H21F2N3O6S. The van der Waals surface area contributed by atoms with Crippen LogP contribution in [0, 0.1) is 11.6 Å². The van der Waals surface area contributed by atoms with E-state index in [1.54, 1.807) is 18.2 Å². The zero-order valence-corrected chi connectivity index (χ0v) is 18.1. The summed E-state index contributed by atoms with van der Waals surface area (Å²) in [6.45, 7) is -1.03. The molecule has 0 radical (unpaired) electrons. The van der Waals surface area contributed by atoms with Crippen molar-refractivity contribution in [3.63, 3.8) is 0 Å². The van der Waals surface area contributed by atoms with Gasteiger partial charge in [-0.2, -0.15) is 0 Å². The van der Waals surface area contributed by atoms with Crippen LogP contribution in [0.25, 0.3) is 0 Å². The summed E-state index contributed by atoms with van der Waals surface area (Å²) in [5.74, 6) is -4.38. The maximum atomic E-state index is 13.2. The molecule has 0 saturated heterocycles. The van der Waals surface area contributed by atoms with Crippen LogP contribution in [0.5, 0.6) is 0 Å². The van der Waals surface area contributed by atoms with Crippen molar-refractivity contribution in [1.29, 1.82) is 0 Å². The molecule has 2 aromatic rings. The van der Waals surface area contributed by atoms with E-state index in [4.69, 9.17) is 4.74 Å². The van der Waals surface area contributed by atoms with E-state index in [9.17, 15) is 31.6 Å². The molecule has 1 saturated carbocycles. The number of esters is 1. The highest BCUT2D eigenvalue weighted by Gasteiger charge is 2.25. The number of hydrogen-bond acceptors (Lipinski definition) is 6. The van der Waals surface area contributed by atoms with Gasteiger partial charge in [0.15, 0.2) is 18.2 Å². The predicted octanol–water partition coefficient (Wildman–Crippen LogP) is 1.71. The number of carbonyl (C=O) groups excluding carboxylic acids is 3. The van der Waals surface area contributed by atoms with Crippen molar-refractivity contribution in [3.05, 3.63) is 59.7 Å². The number of anilines is 1. The molecule has 1 aliphatic carbocycles. The summed E-state index contributed by atoms with van der Waals surface area (Å²) in [7, 11) is -4.17. The van der Waals surface area contributed by atoms with Crippen LogP contribution in [0.1, 0.15) is 29.6 Å². The fourth-order valence-corrected chi connectivity index (χ4v) is 3.74. The third-order valence-electron chi connectivity index (χ3n) is 4.55. The molecule has 1 fully saturated rings. The van der Waals surface area contributed by atoms with Crippen LogP contribution in [0.2, 0.25) is 0 Å². The molecule has 3 N–H and O–H groups in total. The highest BCUT2D eigenvalue weighted by Crippen LogP contribution is 2.21. The van der Waals surface area contributed by atoms with Crippen LogP contribution in [0.3, 0.4) is 0 Å². The van der Waals surface area contributed by atoms with Gasteiger partial charge in [0.25, 0.3) is 11.8 Å². The summed E-state index contributed by atoms with van der Waals surface area (Å²) in [5.41, 5.74) is 0.534. The molecule has 3 rings (SSSR count). The number of rotatable bonds is 10. The van der Waals surface area contributed by atoms with Gasteiger partial charge in [-0.05, 0) is 43.2 Å². The Morgan fingerprint density at radius 1 is 1.03 bits per heavy atom. The van der Waals surface area contributed by atoms with Crippen LogP contribution < -0.4 is 15.4 Å². The van der Waals surface area contributed by atoms with Crippen molar-refractivity contribution >= 4 is 33.5 Å². The van der Waals surface area contributed by atoms with E-state index >= 15 is 0 Å². The molecule has 176 valence electrons. The lowest BCUT2D eigenvalue weighted by Crippen LogP contribution is -2.29. The van der Waals surface area contributed by atoms with E-state index in [0.717, 1.165) is 18.9 Å². The van der Waals surface area contributed by atoms with Gasteiger partial charge >= 0.3 is 5.97 Å². The molecule has 0 bridgehead atoms. The van der Waals surface area contributed by atoms with Gasteiger partial charge in [-0.15, -0.1) is 0 Å². The number of nitrogens with one attached hydrogen (secondary N) is 3. The van der Waals surface area contributed by atoms with Crippen molar-refractivity contribution < 1.29 is 36.3 Å². The Hall–Kier alpha value is -3.38. The van der Waals surface area contributed by atoms with Crippen molar-refractivity contribution in [2.75, 3.05) is 18.5 Å². The number of carbonyl (C=O) groups is 3. The fraction of sp³-hybridized carbons (Fsp3) is 0.286. The lowest BCUT2D eigenvalue weighted by molar-refractivity contribution is -0.147. The number of para-hydroxylation sites is 1. The van der Waals surface area contributed by atoms with Gasteiger partial charge in [-0.1, -0.05) is 12.1 Å². The smallest absolute Gasteiger partial charge is 0.307 e. The highest BCUT2D eigenvalue weighted by atomic mass is 32.2. The molecule has 0 heterocycles. The van der Waals surface area contributed by atoms with Crippen LogP contribution >= 0.6 is 0 Å². The van der Waals surface area contributed by atoms with E-state index in [0.29, 0.717) is 12.1 Å². The summed E-state index contributed by atoms with van der Waals surface area (Å²) in [6.07, 6.45) is 1.41. The largest absolute Gasteiger partial charge is 0.456 e. The molecule has 2 aromatic carbocycles. The second kappa shape index (κ2) is 10.5. The average molecular weight is 481 g/mol. The number of ether oxygens (including phenoxy) is 1.